The molecule has 6 bridgehead atoms. The van der Waals surface area contributed by atoms with E-state index in [1.54, 1.807) is 22.8 Å². The molecule has 1 aromatic carbocycles. The van der Waals surface area contributed by atoms with Gasteiger partial charge in [-0.05, 0) is 43.7 Å². The van der Waals surface area contributed by atoms with E-state index >= 15 is 0 Å². The molecule has 3 aliphatic rings. The fourth-order valence-electron chi connectivity index (χ4n) is 5.06. The first kappa shape index (κ1) is 18.1. The average molecular weight is 408 g/mol. The van der Waals surface area contributed by atoms with Crippen molar-refractivity contribution in [1.82, 2.24) is 24.4 Å². The van der Waals surface area contributed by atoms with E-state index in [2.05, 4.69) is 20.2 Å². The molecular formula is C22H25FN6O. The van der Waals surface area contributed by atoms with Crippen molar-refractivity contribution in [2.45, 2.75) is 25.0 Å². The van der Waals surface area contributed by atoms with Crippen LogP contribution in [0.3, 0.4) is 0 Å². The second-order valence-corrected chi connectivity index (χ2v) is 8.50. The van der Waals surface area contributed by atoms with Gasteiger partial charge in [0.05, 0.1) is 6.20 Å². The number of nitrogens with one attached hydrogen (secondary N) is 1. The van der Waals surface area contributed by atoms with Crippen LogP contribution in [0.5, 0.6) is 5.75 Å². The number of anilines is 1. The fourth-order valence-corrected chi connectivity index (χ4v) is 5.06. The maximum atomic E-state index is 14.8. The lowest BCUT2D eigenvalue weighted by Gasteiger charge is -2.26. The van der Waals surface area contributed by atoms with Gasteiger partial charge in [0.2, 0.25) is 0 Å². The third-order valence-electron chi connectivity index (χ3n) is 6.50. The van der Waals surface area contributed by atoms with Crippen molar-refractivity contribution in [3.8, 4) is 16.9 Å². The van der Waals surface area contributed by atoms with Crippen LogP contribution in [0.1, 0.15) is 12.8 Å². The molecule has 0 saturated carbocycles. The van der Waals surface area contributed by atoms with Gasteiger partial charge in [0.1, 0.15) is 23.5 Å². The van der Waals surface area contributed by atoms with E-state index in [0.29, 0.717) is 28.6 Å². The Bertz CT molecular complexity index is 1080. The Morgan fingerprint density at radius 3 is 3.03 bits per heavy atom. The Labute approximate surface area is 174 Å². The number of benzene rings is 1. The van der Waals surface area contributed by atoms with E-state index in [1.807, 2.05) is 12.3 Å². The van der Waals surface area contributed by atoms with Gasteiger partial charge in [-0.15, -0.1) is 0 Å². The van der Waals surface area contributed by atoms with Gasteiger partial charge in [-0.25, -0.2) is 13.9 Å². The molecule has 3 aliphatic heterocycles. The lowest BCUT2D eigenvalue weighted by Crippen LogP contribution is -2.39. The van der Waals surface area contributed by atoms with E-state index in [9.17, 15) is 4.39 Å². The number of nitrogens with zero attached hydrogens (tertiary/aromatic N) is 5. The van der Waals surface area contributed by atoms with Crippen LogP contribution < -0.4 is 10.1 Å². The first-order valence-corrected chi connectivity index (χ1v) is 10.7. The topological polar surface area (TPSA) is 57.9 Å². The Morgan fingerprint density at radius 1 is 1.10 bits per heavy atom. The minimum Gasteiger partial charge on any atom is -0.488 e. The van der Waals surface area contributed by atoms with Crippen LogP contribution in [-0.4, -0.2) is 75.8 Å². The van der Waals surface area contributed by atoms with E-state index in [0.717, 1.165) is 45.1 Å². The van der Waals surface area contributed by atoms with Crippen molar-refractivity contribution in [2.24, 2.45) is 0 Å². The summed E-state index contributed by atoms with van der Waals surface area (Å²) in [4.78, 5) is 9.76. The van der Waals surface area contributed by atoms with Crippen molar-refractivity contribution in [1.29, 1.82) is 0 Å². The van der Waals surface area contributed by atoms with Crippen molar-refractivity contribution in [3.63, 3.8) is 0 Å². The summed E-state index contributed by atoms with van der Waals surface area (Å²) in [6, 6.07) is 7.51. The third kappa shape index (κ3) is 3.20. The van der Waals surface area contributed by atoms with Gasteiger partial charge >= 0.3 is 0 Å². The van der Waals surface area contributed by atoms with Crippen LogP contribution in [0.25, 0.3) is 16.8 Å². The van der Waals surface area contributed by atoms with E-state index < -0.39 is 0 Å². The number of hydrogen-bond donors (Lipinski definition) is 1. The molecule has 0 radical (unpaired) electrons. The monoisotopic (exact) mass is 408 g/mol. The lowest BCUT2D eigenvalue weighted by molar-refractivity contribution is 0.132. The number of halogens is 1. The van der Waals surface area contributed by atoms with Gasteiger partial charge in [-0.2, -0.15) is 5.10 Å². The molecule has 3 atom stereocenters. The first-order valence-electron chi connectivity index (χ1n) is 10.7. The number of fused-ring (bicyclic) bond motifs is 7. The molecule has 2 aromatic heterocycles. The van der Waals surface area contributed by atoms with Crippen LogP contribution in [0.4, 0.5) is 10.2 Å². The summed E-state index contributed by atoms with van der Waals surface area (Å²) in [5, 5.41) is 7.79. The highest BCUT2D eigenvalue weighted by molar-refractivity contribution is 5.78. The quantitative estimate of drug-likeness (QED) is 0.617. The molecule has 2 fully saturated rings. The Kier molecular flexibility index (Phi) is 4.35. The fraction of sp³-hybridized carbons (Fsp3) is 0.455. The second kappa shape index (κ2) is 7.21. The lowest BCUT2D eigenvalue weighted by atomic mass is 10.1. The highest BCUT2D eigenvalue weighted by atomic mass is 19.1. The molecule has 0 amide bonds. The molecule has 156 valence electrons. The zero-order chi connectivity index (χ0) is 20.1. The summed E-state index contributed by atoms with van der Waals surface area (Å²) in [5.74, 6) is 1.18. The normalized spacial score (nSPS) is 26.5. The smallest absolute Gasteiger partial charge is 0.165 e. The summed E-state index contributed by atoms with van der Waals surface area (Å²) >= 11 is 0. The van der Waals surface area contributed by atoms with Gasteiger partial charge < -0.3 is 10.1 Å². The molecule has 6 rings (SSSR count). The SMILES string of the molecule is Fc1ccc2cc1-c1cnn3ccc(nc13)NCCN1C[C@@H](CN3CCC[C@H]3C1)O2. The third-order valence-corrected chi connectivity index (χ3v) is 6.50. The molecule has 8 heteroatoms. The van der Waals surface area contributed by atoms with Crippen molar-refractivity contribution in [3.05, 3.63) is 42.5 Å². The number of rotatable bonds is 0. The first-order chi connectivity index (χ1) is 14.7. The number of ether oxygens (including phenoxy) is 1. The molecule has 0 spiro atoms. The molecule has 2 saturated heterocycles. The highest BCUT2D eigenvalue weighted by Crippen LogP contribution is 2.31. The molecule has 3 aromatic rings. The van der Waals surface area contributed by atoms with Gasteiger partial charge in [-0.1, -0.05) is 0 Å². The molecule has 0 aliphatic carbocycles. The standard InChI is InChI=1S/C22H25FN6O/c23-20-4-3-16-10-18(20)19-11-25-29-8-5-21(26-22(19)29)24-6-9-27-12-15-2-1-7-28(15)14-17(13-27)30-16/h3-5,8,10-11,15,17H,1-2,6-7,9,12-14H2,(H,24,26)/t15-,17-/m0/s1. The average Bonchev–Trinajstić information content (AvgIpc) is 3.31. The summed E-state index contributed by atoms with van der Waals surface area (Å²) in [5.41, 5.74) is 1.76. The molecule has 30 heavy (non-hydrogen) atoms. The van der Waals surface area contributed by atoms with Gasteiger partial charge in [0, 0.05) is 56.1 Å². The maximum Gasteiger partial charge on any atom is 0.165 e. The van der Waals surface area contributed by atoms with E-state index in [4.69, 9.17) is 9.72 Å². The van der Waals surface area contributed by atoms with E-state index in [1.165, 1.54) is 18.9 Å². The molecule has 1 N–H and O–H groups in total. The predicted molar refractivity (Wildman–Crippen MR) is 112 cm³/mol. The summed E-state index contributed by atoms with van der Waals surface area (Å²) in [7, 11) is 0. The molecule has 1 unspecified atom stereocenters. The van der Waals surface area contributed by atoms with Crippen LogP contribution in [0.15, 0.2) is 36.7 Å². The second-order valence-electron chi connectivity index (χ2n) is 8.50. The maximum absolute atomic E-state index is 14.8. The minimum atomic E-state index is -0.299. The number of aromatic nitrogens is 3. The number of hydrogen-bond acceptors (Lipinski definition) is 6. The van der Waals surface area contributed by atoms with Gasteiger partial charge in [0.15, 0.2) is 5.65 Å². The Morgan fingerprint density at radius 2 is 2.07 bits per heavy atom. The Hall–Kier alpha value is -2.71. The zero-order valence-electron chi connectivity index (χ0n) is 16.8. The van der Waals surface area contributed by atoms with Crippen LogP contribution in [-0.2, 0) is 0 Å². The zero-order valence-corrected chi connectivity index (χ0v) is 16.8. The highest BCUT2D eigenvalue weighted by Gasteiger charge is 2.33. The van der Waals surface area contributed by atoms with Gasteiger partial charge in [0.25, 0.3) is 0 Å². The molecule has 7 nitrogen and oxygen atoms in total. The van der Waals surface area contributed by atoms with Crippen molar-refractivity contribution < 1.29 is 9.13 Å². The van der Waals surface area contributed by atoms with E-state index in [-0.39, 0.29) is 11.9 Å². The largest absolute Gasteiger partial charge is 0.488 e. The summed E-state index contributed by atoms with van der Waals surface area (Å²) in [6.45, 7) is 5.71. The molecule has 5 heterocycles. The van der Waals surface area contributed by atoms with Crippen molar-refractivity contribution in [2.75, 3.05) is 44.6 Å². The van der Waals surface area contributed by atoms with Crippen LogP contribution in [0, 0.1) is 5.82 Å². The molecular weight excluding hydrogens is 383 g/mol. The van der Waals surface area contributed by atoms with Crippen LogP contribution >= 0.6 is 0 Å². The van der Waals surface area contributed by atoms with Crippen LogP contribution in [0.2, 0.25) is 0 Å². The predicted octanol–water partition coefficient (Wildman–Crippen LogP) is 2.49. The summed E-state index contributed by atoms with van der Waals surface area (Å²) < 4.78 is 22.9. The van der Waals surface area contributed by atoms with Crippen molar-refractivity contribution >= 4 is 11.5 Å². The summed E-state index contributed by atoms with van der Waals surface area (Å²) in [6.07, 6.45) is 6.08. The Balaban J connectivity index is 1.44. The van der Waals surface area contributed by atoms with Gasteiger partial charge in [-0.3, -0.25) is 9.80 Å². The minimum absolute atomic E-state index is 0.0532.